The molecule has 0 bridgehead atoms. The fourth-order valence-corrected chi connectivity index (χ4v) is 1.63. The van der Waals surface area contributed by atoms with Crippen LogP contribution in [0.2, 0.25) is 10.0 Å². The Bertz CT molecular complexity index is 345. The number of benzene rings is 1. The summed E-state index contributed by atoms with van der Waals surface area (Å²) >= 11 is 11.7. The van der Waals surface area contributed by atoms with Gasteiger partial charge < -0.3 is 10.2 Å². The molecule has 1 atom stereocenters. The molecule has 0 heterocycles. The fraction of sp³-hybridized carbons (Fsp3) is 0.455. The second kappa shape index (κ2) is 4.71. The zero-order chi connectivity index (χ0) is 11.6. The first-order valence-corrected chi connectivity index (χ1v) is 5.40. The van der Waals surface area contributed by atoms with Crippen LogP contribution in [-0.2, 0) is 6.42 Å². The van der Waals surface area contributed by atoms with Gasteiger partial charge in [-0.25, -0.2) is 0 Å². The van der Waals surface area contributed by atoms with Gasteiger partial charge in [-0.05, 0) is 31.5 Å². The van der Waals surface area contributed by atoms with Crippen molar-refractivity contribution in [1.82, 2.24) is 0 Å². The van der Waals surface area contributed by atoms with Crippen molar-refractivity contribution in [1.29, 1.82) is 0 Å². The maximum absolute atomic E-state index is 9.69. The molecular formula is C11H14Cl2O2. The molecule has 0 aliphatic heterocycles. The van der Waals surface area contributed by atoms with Gasteiger partial charge in [0.1, 0.15) is 0 Å². The molecule has 0 saturated carbocycles. The van der Waals surface area contributed by atoms with Crippen molar-refractivity contribution in [3.8, 4) is 0 Å². The van der Waals surface area contributed by atoms with Gasteiger partial charge in [0.15, 0.2) is 0 Å². The summed E-state index contributed by atoms with van der Waals surface area (Å²) in [7, 11) is 0. The smallest absolute Gasteiger partial charge is 0.0862 e. The Kier molecular flexibility index (Phi) is 4.01. The molecule has 2 N–H and O–H groups in total. The van der Waals surface area contributed by atoms with Gasteiger partial charge in [0, 0.05) is 16.5 Å². The first-order valence-electron chi connectivity index (χ1n) is 4.65. The lowest BCUT2D eigenvalue weighted by molar-refractivity contribution is -0.0469. The predicted octanol–water partition coefficient (Wildman–Crippen LogP) is 2.67. The van der Waals surface area contributed by atoms with Gasteiger partial charge in [-0.15, -0.1) is 0 Å². The van der Waals surface area contributed by atoms with E-state index in [1.165, 1.54) is 0 Å². The summed E-state index contributed by atoms with van der Waals surface area (Å²) in [6.07, 6.45) is -0.546. The summed E-state index contributed by atoms with van der Waals surface area (Å²) < 4.78 is 0. The van der Waals surface area contributed by atoms with Gasteiger partial charge in [0.2, 0.25) is 0 Å². The summed E-state index contributed by atoms with van der Waals surface area (Å²) in [6.45, 7) is 3.11. The van der Waals surface area contributed by atoms with E-state index in [2.05, 4.69) is 0 Å². The van der Waals surface area contributed by atoms with Crippen molar-refractivity contribution < 1.29 is 10.2 Å². The normalized spacial score (nSPS) is 14.0. The van der Waals surface area contributed by atoms with Crippen LogP contribution in [0.3, 0.4) is 0 Å². The maximum Gasteiger partial charge on any atom is 0.0862 e. The number of aliphatic hydroxyl groups excluding tert-OH is 1. The summed E-state index contributed by atoms with van der Waals surface area (Å²) in [5.74, 6) is 0. The Balaban J connectivity index is 2.82. The van der Waals surface area contributed by atoms with E-state index in [4.69, 9.17) is 23.2 Å². The van der Waals surface area contributed by atoms with E-state index < -0.39 is 11.7 Å². The average Bonchev–Trinajstić information content (AvgIpc) is 2.08. The minimum Gasteiger partial charge on any atom is -0.390 e. The van der Waals surface area contributed by atoms with Crippen molar-refractivity contribution in [3.05, 3.63) is 33.8 Å². The molecule has 4 heteroatoms. The van der Waals surface area contributed by atoms with E-state index in [-0.39, 0.29) is 0 Å². The van der Waals surface area contributed by atoms with Crippen molar-refractivity contribution in [2.45, 2.75) is 32.0 Å². The lowest BCUT2D eigenvalue weighted by Crippen LogP contribution is -2.37. The molecular weight excluding hydrogens is 235 g/mol. The van der Waals surface area contributed by atoms with E-state index in [1.807, 2.05) is 0 Å². The Morgan fingerprint density at radius 2 is 1.93 bits per heavy atom. The topological polar surface area (TPSA) is 40.5 Å². The molecule has 0 aliphatic carbocycles. The van der Waals surface area contributed by atoms with Crippen LogP contribution in [0.5, 0.6) is 0 Å². The molecule has 0 saturated heterocycles. The number of halogens is 2. The molecule has 0 amide bonds. The van der Waals surface area contributed by atoms with Gasteiger partial charge in [-0.1, -0.05) is 29.3 Å². The second-order valence-electron chi connectivity index (χ2n) is 4.11. The van der Waals surface area contributed by atoms with Gasteiger partial charge >= 0.3 is 0 Å². The molecule has 0 spiro atoms. The molecule has 1 aromatic rings. The third-order valence-corrected chi connectivity index (χ3v) is 2.83. The largest absolute Gasteiger partial charge is 0.390 e. The average molecular weight is 249 g/mol. The summed E-state index contributed by atoms with van der Waals surface area (Å²) in [4.78, 5) is 0. The highest BCUT2D eigenvalue weighted by atomic mass is 35.5. The summed E-state index contributed by atoms with van der Waals surface area (Å²) in [5, 5.41) is 20.3. The standard InChI is InChI=1S/C11H14Cl2O2/c1-11(2,15)10(14)5-7-3-4-8(12)6-9(7)13/h3-4,6,10,14-15H,5H2,1-2H3. The van der Waals surface area contributed by atoms with Crippen LogP contribution in [0.1, 0.15) is 19.4 Å². The second-order valence-corrected chi connectivity index (χ2v) is 4.95. The van der Waals surface area contributed by atoms with Crippen LogP contribution < -0.4 is 0 Å². The third kappa shape index (κ3) is 3.65. The van der Waals surface area contributed by atoms with Crippen LogP contribution >= 0.6 is 23.2 Å². The van der Waals surface area contributed by atoms with Gasteiger partial charge in [-0.2, -0.15) is 0 Å². The van der Waals surface area contributed by atoms with E-state index in [9.17, 15) is 10.2 Å². The number of aliphatic hydroxyl groups is 2. The number of hydrogen-bond acceptors (Lipinski definition) is 2. The Morgan fingerprint density at radius 3 is 2.40 bits per heavy atom. The first-order chi connectivity index (χ1) is 6.80. The molecule has 0 fully saturated rings. The number of rotatable bonds is 3. The van der Waals surface area contributed by atoms with E-state index in [1.54, 1.807) is 32.0 Å². The van der Waals surface area contributed by atoms with Crippen LogP contribution in [0.4, 0.5) is 0 Å². The lowest BCUT2D eigenvalue weighted by atomic mass is 9.95. The highest BCUT2D eigenvalue weighted by molar-refractivity contribution is 6.35. The quantitative estimate of drug-likeness (QED) is 0.864. The van der Waals surface area contributed by atoms with Crippen molar-refractivity contribution in [3.63, 3.8) is 0 Å². The Morgan fingerprint density at radius 1 is 1.33 bits per heavy atom. The van der Waals surface area contributed by atoms with Gasteiger partial charge in [-0.3, -0.25) is 0 Å². The highest BCUT2D eigenvalue weighted by Crippen LogP contribution is 2.24. The third-order valence-electron chi connectivity index (χ3n) is 2.24. The molecule has 15 heavy (non-hydrogen) atoms. The Hall–Kier alpha value is -0.280. The van der Waals surface area contributed by atoms with Gasteiger partial charge in [0.05, 0.1) is 11.7 Å². The van der Waals surface area contributed by atoms with E-state index in [0.717, 1.165) is 5.56 Å². The molecule has 2 nitrogen and oxygen atoms in total. The molecule has 84 valence electrons. The zero-order valence-electron chi connectivity index (χ0n) is 8.67. The fourth-order valence-electron chi connectivity index (χ4n) is 1.15. The predicted molar refractivity (Wildman–Crippen MR) is 62.5 cm³/mol. The van der Waals surface area contributed by atoms with Crippen LogP contribution in [0, 0.1) is 0 Å². The molecule has 1 rings (SSSR count). The molecule has 1 unspecified atom stereocenters. The molecule has 1 aromatic carbocycles. The van der Waals surface area contributed by atoms with E-state index in [0.29, 0.717) is 16.5 Å². The minimum absolute atomic E-state index is 0.305. The SMILES string of the molecule is CC(C)(O)C(O)Cc1ccc(Cl)cc1Cl. The minimum atomic E-state index is -1.14. The van der Waals surface area contributed by atoms with Gasteiger partial charge in [0.25, 0.3) is 0 Å². The van der Waals surface area contributed by atoms with E-state index >= 15 is 0 Å². The van der Waals surface area contributed by atoms with Crippen LogP contribution in [-0.4, -0.2) is 21.9 Å². The zero-order valence-corrected chi connectivity index (χ0v) is 10.2. The monoisotopic (exact) mass is 248 g/mol. The maximum atomic E-state index is 9.69. The van der Waals surface area contributed by atoms with Crippen LogP contribution in [0.15, 0.2) is 18.2 Å². The molecule has 0 aromatic heterocycles. The van der Waals surface area contributed by atoms with Crippen molar-refractivity contribution in [2.24, 2.45) is 0 Å². The first kappa shape index (κ1) is 12.8. The van der Waals surface area contributed by atoms with Crippen molar-refractivity contribution in [2.75, 3.05) is 0 Å². The van der Waals surface area contributed by atoms with Crippen LogP contribution in [0.25, 0.3) is 0 Å². The number of hydrogen-bond donors (Lipinski definition) is 2. The summed E-state index contributed by atoms with van der Waals surface area (Å²) in [5.41, 5.74) is -0.362. The summed E-state index contributed by atoms with van der Waals surface area (Å²) in [6, 6.07) is 5.08. The Labute approximate surface area is 99.5 Å². The van der Waals surface area contributed by atoms with Crippen molar-refractivity contribution >= 4 is 23.2 Å². The highest BCUT2D eigenvalue weighted by Gasteiger charge is 2.25. The lowest BCUT2D eigenvalue weighted by Gasteiger charge is -2.24. The molecule has 0 radical (unpaired) electrons. The molecule has 0 aliphatic rings.